The Kier molecular flexibility index (Phi) is 8.71. The van der Waals surface area contributed by atoms with Gasteiger partial charge in [-0.1, -0.05) is 19.3 Å². The highest BCUT2D eigenvalue weighted by atomic mass is 16.6. The topological polar surface area (TPSA) is 90.9 Å². The molecule has 1 rings (SSSR count). The largest absolute Gasteiger partial charge is 0.466 e. The molecule has 1 saturated carbocycles. The molecule has 0 spiro atoms. The molecule has 7 nitrogen and oxygen atoms in total. The van der Waals surface area contributed by atoms with Crippen LogP contribution >= 0.6 is 0 Å². The van der Waals surface area contributed by atoms with Gasteiger partial charge in [-0.05, 0) is 12.8 Å². The van der Waals surface area contributed by atoms with E-state index in [4.69, 9.17) is 9.47 Å². The van der Waals surface area contributed by atoms with E-state index in [2.05, 4.69) is 10.1 Å². The predicted octanol–water partition coefficient (Wildman–Crippen LogP) is 1.71. The summed E-state index contributed by atoms with van der Waals surface area (Å²) in [6.07, 6.45) is 7.44. The van der Waals surface area contributed by atoms with Gasteiger partial charge in [0.15, 0.2) is 0 Å². The summed E-state index contributed by atoms with van der Waals surface area (Å²) in [6.45, 7) is 0.285. The van der Waals surface area contributed by atoms with E-state index in [1.807, 2.05) is 0 Å². The second-order valence-corrected chi connectivity index (χ2v) is 4.99. The third-order valence-corrected chi connectivity index (χ3v) is 3.25. The van der Waals surface area contributed by atoms with Crippen molar-refractivity contribution in [3.63, 3.8) is 0 Å². The molecule has 0 bridgehead atoms. The van der Waals surface area contributed by atoms with Crippen LogP contribution in [0.15, 0.2) is 12.2 Å². The summed E-state index contributed by atoms with van der Waals surface area (Å²) in [6, 6.07) is 0.211. The second kappa shape index (κ2) is 10.6. The molecule has 0 heterocycles. The molecule has 124 valence electrons. The van der Waals surface area contributed by atoms with Crippen molar-refractivity contribution in [1.82, 2.24) is 5.32 Å². The molecule has 0 saturated heterocycles. The van der Waals surface area contributed by atoms with Crippen LogP contribution in [0.4, 0.5) is 4.79 Å². The van der Waals surface area contributed by atoms with Crippen molar-refractivity contribution in [1.29, 1.82) is 0 Å². The van der Waals surface area contributed by atoms with E-state index < -0.39 is 18.0 Å². The van der Waals surface area contributed by atoms with Crippen LogP contribution in [0.1, 0.15) is 38.5 Å². The number of alkyl carbamates (subject to hydrolysis) is 1. The average Bonchev–Trinajstić information content (AvgIpc) is 2.53. The molecule has 1 aliphatic rings. The lowest BCUT2D eigenvalue weighted by atomic mass is 9.96. The number of ether oxygens (including phenoxy) is 3. The first kappa shape index (κ1) is 18.0. The molecule has 0 radical (unpaired) electrons. The highest BCUT2D eigenvalue weighted by Crippen LogP contribution is 2.17. The average molecular weight is 313 g/mol. The predicted molar refractivity (Wildman–Crippen MR) is 78.1 cm³/mol. The number of nitrogens with one attached hydrogen (secondary N) is 1. The van der Waals surface area contributed by atoms with E-state index in [1.165, 1.54) is 13.5 Å². The molecule has 1 fully saturated rings. The molecule has 0 aromatic rings. The van der Waals surface area contributed by atoms with Crippen LogP contribution in [-0.2, 0) is 23.8 Å². The van der Waals surface area contributed by atoms with Gasteiger partial charge >= 0.3 is 18.0 Å². The molecule has 0 atom stereocenters. The van der Waals surface area contributed by atoms with Crippen molar-refractivity contribution in [2.24, 2.45) is 0 Å². The number of carbonyl (C=O) groups excluding carboxylic acids is 3. The zero-order valence-corrected chi connectivity index (χ0v) is 12.8. The Morgan fingerprint density at radius 3 is 2.32 bits per heavy atom. The highest BCUT2D eigenvalue weighted by molar-refractivity contribution is 5.91. The van der Waals surface area contributed by atoms with E-state index in [-0.39, 0.29) is 19.3 Å². The van der Waals surface area contributed by atoms with Gasteiger partial charge in [0.25, 0.3) is 0 Å². The maximum absolute atomic E-state index is 11.5. The van der Waals surface area contributed by atoms with Crippen molar-refractivity contribution in [2.45, 2.75) is 44.6 Å². The van der Waals surface area contributed by atoms with Crippen molar-refractivity contribution in [3.05, 3.63) is 12.2 Å². The van der Waals surface area contributed by atoms with Gasteiger partial charge < -0.3 is 19.5 Å². The fraction of sp³-hybridized carbons (Fsp3) is 0.667. The molecular weight excluding hydrogens is 290 g/mol. The summed E-state index contributed by atoms with van der Waals surface area (Å²) in [7, 11) is 1.22. The number of hydrogen-bond acceptors (Lipinski definition) is 6. The van der Waals surface area contributed by atoms with Crippen LogP contribution in [0.5, 0.6) is 0 Å². The van der Waals surface area contributed by atoms with Gasteiger partial charge in [-0.2, -0.15) is 0 Å². The Hall–Kier alpha value is -2.05. The minimum atomic E-state index is -0.642. The first-order valence-corrected chi connectivity index (χ1v) is 7.48. The zero-order valence-electron chi connectivity index (χ0n) is 12.8. The molecule has 0 unspecified atom stereocenters. The van der Waals surface area contributed by atoms with Gasteiger partial charge in [-0.15, -0.1) is 0 Å². The van der Waals surface area contributed by atoms with E-state index in [1.54, 1.807) is 0 Å². The molecule has 7 heteroatoms. The molecule has 0 aromatic carbocycles. The molecular formula is C15H23NO6. The lowest BCUT2D eigenvalue weighted by molar-refractivity contribution is -0.139. The van der Waals surface area contributed by atoms with Crippen LogP contribution < -0.4 is 5.32 Å². The van der Waals surface area contributed by atoms with Crippen molar-refractivity contribution >= 4 is 18.0 Å². The van der Waals surface area contributed by atoms with Gasteiger partial charge in [0, 0.05) is 24.6 Å². The molecule has 1 N–H and O–H groups in total. The molecule has 0 aliphatic heterocycles. The number of rotatable bonds is 7. The van der Waals surface area contributed by atoms with Crippen LogP contribution in [0.3, 0.4) is 0 Å². The van der Waals surface area contributed by atoms with Gasteiger partial charge in [0.2, 0.25) is 0 Å². The maximum Gasteiger partial charge on any atom is 0.407 e. The molecule has 22 heavy (non-hydrogen) atoms. The summed E-state index contributed by atoms with van der Waals surface area (Å²) < 4.78 is 14.2. The standard InChI is InChI=1S/C15H23NO6/c1-20-13(17)8-9-14(18)21-10-5-11-22-15(19)16-12-6-3-2-4-7-12/h8-9,12H,2-7,10-11H2,1H3,(H,16,19)/b9-8+. The van der Waals surface area contributed by atoms with Crippen LogP contribution in [0, 0.1) is 0 Å². The van der Waals surface area contributed by atoms with Crippen LogP contribution in [-0.4, -0.2) is 44.4 Å². The monoisotopic (exact) mass is 313 g/mol. The smallest absolute Gasteiger partial charge is 0.407 e. The molecule has 1 amide bonds. The Morgan fingerprint density at radius 2 is 1.64 bits per heavy atom. The third-order valence-electron chi connectivity index (χ3n) is 3.25. The SMILES string of the molecule is COC(=O)/C=C/C(=O)OCCCOC(=O)NC1CCCCC1. The first-order valence-electron chi connectivity index (χ1n) is 7.48. The molecule has 0 aromatic heterocycles. The van der Waals surface area contributed by atoms with Gasteiger partial charge in [-0.3, -0.25) is 0 Å². The Balaban J connectivity index is 2.02. The maximum atomic E-state index is 11.5. The number of carbonyl (C=O) groups is 3. The van der Waals surface area contributed by atoms with Crippen LogP contribution in [0.2, 0.25) is 0 Å². The Morgan fingerprint density at radius 1 is 1.00 bits per heavy atom. The van der Waals surface area contributed by atoms with E-state index in [0.29, 0.717) is 6.42 Å². The summed E-state index contributed by atoms with van der Waals surface area (Å²) in [4.78, 5) is 33.5. The van der Waals surface area contributed by atoms with E-state index >= 15 is 0 Å². The van der Waals surface area contributed by atoms with E-state index in [9.17, 15) is 14.4 Å². The minimum absolute atomic E-state index is 0.112. The second-order valence-electron chi connectivity index (χ2n) is 4.99. The summed E-state index contributed by atoms with van der Waals surface area (Å²) >= 11 is 0. The summed E-state index contributed by atoms with van der Waals surface area (Å²) in [5.41, 5.74) is 0. The fourth-order valence-electron chi connectivity index (χ4n) is 2.10. The minimum Gasteiger partial charge on any atom is -0.466 e. The Bertz CT molecular complexity index is 401. The van der Waals surface area contributed by atoms with Gasteiger partial charge in [0.1, 0.15) is 0 Å². The van der Waals surface area contributed by atoms with E-state index in [0.717, 1.165) is 37.8 Å². The third kappa shape index (κ3) is 8.28. The summed E-state index contributed by atoms with van der Waals surface area (Å²) in [5, 5.41) is 2.83. The summed E-state index contributed by atoms with van der Waals surface area (Å²) in [5.74, 6) is -1.27. The number of esters is 2. The zero-order chi connectivity index (χ0) is 16.2. The quantitative estimate of drug-likeness (QED) is 0.333. The number of hydrogen-bond donors (Lipinski definition) is 1. The van der Waals surface area contributed by atoms with Gasteiger partial charge in [0.05, 0.1) is 20.3 Å². The van der Waals surface area contributed by atoms with Crippen LogP contribution in [0.25, 0.3) is 0 Å². The fourth-order valence-corrected chi connectivity index (χ4v) is 2.10. The lowest BCUT2D eigenvalue weighted by Crippen LogP contribution is -2.36. The lowest BCUT2D eigenvalue weighted by Gasteiger charge is -2.22. The Labute approximate surface area is 130 Å². The number of methoxy groups -OCH3 is 1. The normalized spacial score (nSPS) is 15.3. The first-order chi connectivity index (χ1) is 10.6. The van der Waals surface area contributed by atoms with Gasteiger partial charge in [-0.25, -0.2) is 14.4 Å². The van der Waals surface area contributed by atoms with Crippen molar-refractivity contribution in [2.75, 3.05) is 20.3 Å². The highest BCUT2D eigenvalue weighted by Gasteiger charge is 2.15. The number of amides is 1. The van der Waals surface area contributed by atoms with Crippen molar-refractivity contribution < 1.29 is 28.6 Å². The van der Waals surface area contributed by atoms with Crippen molar-refractivity contribution in [3.8, 4) is 0 Å². The molecule has 1 aliphatic carbocycles.